The lowest BCUT2D eigenvalue weighted by molar-refractivity contribution is 0.0694. The minimum atomic E-state index is -1.04. The lowest BCUT2D eigenvalue weighted by atomic mass is 10.1. The van der Waals surface area contributed by atoms with Crippen LogP contribution in [0.4, 0.5) is 0 Å². The molecule has 0 aliphatic heterocycles. The number of carbonyl (C=O) groups is 2. The Morgan fingerprint density at radius 1 is 1.22 bits per heavy atom. The molecular formula is C20H20N2O4S. The molecule has 7 heteroatoms. The molecule has 6 nitrogen and oxygen atoms in total. The maximum Gasteiger partial charge on any atom is 0.339 e. The molecule has 2 heterocycles. The number of hydrogen-bond donors (Lipinski definition) is 1. The highest BCUT2D eigenvalue weighted by atomic mass is 32.1. The van der Waals surface area contributed by atoms with Crippen LogP contribution in [-0.2, 0) is 13.0 Å². The van der Waals surface area contributed by atoms with E-state index >= 15 is 0 Å². The van der Waals surface area contributed by atoms with Crippen molar-refractivity contribution in [2.45, 2.75) is 26.8 Å². The molecule has 27 heavy (non-hydrogen) atoms. The molecule has 0 saturated heterocycles. The van der Waals surface area contributed by atoms with E-state index in [9.17, 15) is 9.59 Å². The molecule has 2 aromatic heterocycles. The fourth-order valence-electron chi connectivity index (χ4n) is 2.71. The van der Waals surface area contributed by atoms with Gasteiger partial charge >= 0.3 is 5.97 Å². The Hall–Kier alpha value is -2.93. The standard InChI is InChI=1S/C20H20N2O4S/c1-12-4-6-14(7-5-12)8-18-21-17(11-27-18)19(23)22(3)10-15-9-16(20(24)25)13(2)26-15/h4-7,9,11H,8,10H2,1-3H3,(H,24,25). The smallest absolute Gasteiger partial charge is 0.339 e. The molecule has 3 rings (SSSR count). The highest BCUT2D eigenvalue weighted by molar-refractivity contribution is 7.09. The Bertz CT molecular complexity index is 972. The largest absolute Gasteiger partial charge is 0.478 e. The van der Waals surface area contributed by atoms with Crippen LogP contribution in [0.1, 0.15) is 48.5 Å². The molecule has 0 bridgehead atoms. The van der Waals surface area contributed by atoms with Gasteiger partial charge in [-0.2, -0.15) is 0 Å². The zero-order valence-electron chi connectivity index (χ0n) is 15.4. The number of carbonyl (C=O) groups excluding carboxylic acids is 1. The molecular weight excluding hydrogens is 364 g/mol. The van der Waals surface area contributed by atoms with Crippen LogP contribution in [0, 0.1) is 13.8 Å². The Kier molecular flexibility index (Phi) is 5.41. The maximum atomic E-state index is 12.6. The number of benzene rings is 1. The van der Waals surface area contributed by atoms with Crippen molar-refractivity contribution < 1.29 is 19.1 Å². The summed E-state index contributed by atoms with van der Waals surface area (Å²) in [6.07, 6.45) is 0.682. The summed E-state index contributed by atoms with van der Waals surface area (Å²) in [5.41, 5.74) is 2.84. The van der Waals surface area contributed by atoms with Gasteiger partial charge in [-0.25, -0.2) is 9.78 Å². The monoisotopic (exact) mass is 384 g/mol. The van der Waals surface area contributed by atoms with Crippen LogP contribution in [0.2, 0.25) is 0 Å². The zero-order chi connectivity index (χ0) is 19.6. The van der Waals surface area contributed by atoms with Gasteiger partial charge in [-0.1, -0.05) is 29.8 Å². The highest BCUT2D eigenvalue weighted by Crippen LogP contribution is 2.19. The molecule has 0 spiro atoms. The number of aromatic carboxylic acids is 1. The Morgan fingerprint density at radius 3 is 2.56 bits per heavy atom. The van der Waals surface area contributed by atoms with Crippen LogP contribution < -0.4 is 0 Å². The molecule has 0 aliphatic rings. The van der Waals surface area contributed by atoms with Crippen molar-refractivity contribution in [2.75, 3.05) is 7.05 Å². The predicted molar refractivity (Wildman–Crippen MR) is 102 cm³/mol. The van der Waals surface area contributed by atoms with E-state index < -0.39 is 5.97 Å². The Morgan fingerprint density at radius 2 is 1.93 bits per heavy atom. The third-order valence-corrected chi connectivity index (χ3v) is 5.03. The average molecular weight is 384 g/mol. The van der Waals surface area contributed by atoms with Crippen molar-refractivity contribution in [3.05, 3.63) is 74.6 Å². The molecule has 140 valence electrons. The molecule has 0 radical (unpaired) electrons. The van der Waals surface area contributed by atoms with Gasteiger partial charge in [0.25, 0.3) is 5.91 Å². The molecule has 0 saturated carbocycles. The third-order valence-electron chi connectivity index (χ3n) is 4.19. The first-order valence-electron chi connectivity index (χ1n) is 8.41. The minimum Gasteiger partial charge on any atom is -0.478 e. The summed E-state index contributed by atoms with van der Waals surface area (Å²) in [4.78, 5) is 29.6. The summed E-state index contributed by atoms with van der Waals surface area (Å²) >= 11 is 1.45. The lowest BCUT2D eigenvalue weighted by Crippen LogP contribution is -2.26. The van der Waals surface area contributed by atoms with Crippen molar-refractivity contribution in [2.24, 2.45) is 0 Å². The summed E-state index contributed by atoms with van der Waals surface area (Å²) in [5, 5.41) is 11.7. The van der Waals surface area contributed by atoms with Gasteiger partial charge in [-0.05, 0) is 25.5 Å². The second-order valence-electron chi connectivity index (χ2n) is 6.44. The predicted octanol–water partition coefficient (Wildman–Crippen LogP) is 3.91. The van der Waals surface area contributed by atoms with Gasteiger partial charge in [0.05, 0.1) is 11.6 Å². The summed E-state index contributed by atoms with van der Waals surface area (Å²) in [6.45, 7) is 3.81. The van der Waals surface area contributed by atoms with E-state index in [2.05, 4.69) is 29.2 Å². The van der Waals surface area contributed by atoms with Gasteiger partial charge < -0.3 is 14.4 Å². The first-order valence-corrected chi connectivity index (χ1v) is 9.29. The molecule has 0 atom stereocenters. The lowest BCUT2D eigenvalue weighted by Gasteiger charge is -2.13. The number of aromatic nitrogens is 1. The topological polar surface area (TPSA) is 83.6 Å². The summed E-state index contributed by atoms with van der Waals surface area (Å²) in [7, 11) is 1.64. The van der Waals surface area contributed by atoms with E-state index in [1.54, 1.807) is 19.4 Å². The number of amides is 1. The van der Waals surface area contributed by atoms with Crippen LogP contribution in [0.5, 0.6) is 0 Å². The molecule has 0 unspecified atom stereocenters. The number of furan rings is 1. The van der Waals surface area contributed by atoms with Crippen LogP contribution in [-0.4, -0.2) is 33.9 Å². The van der Waals surface area contributed by atoms with Gasteiger partial charge in [0.1, 0.15) is 22.8 Å². The highest BCUT2D eigenvalue weighted by Gasteiger charge is 2.19. The number of rotatable bonds is 6. The minimum absolute atomic E-state index is 0.111. The van der Waals surface area contributed by atoms with Gasteiger partial charge in [0.2, 0.25) is 0 Å². The van der Waals surface area contributed by atoms with Crippen molar-refractivity contribution in [3.8, 4) is 0 Å². The summed E-state index contributed by atoms with van der Waals surface area (Å²) < 4.78 is 5.43. The molecule has 1 amide bonds. The zero-order valence-corrected chi connectivity index (χ0v) is 16.2. The molecule has 0 fully saturated rings. The van der Waals surface area contributed by atoms with Crippen LogP contribution in [0.15, 0.2) is 40.1 Å². The molecule has 1 aromatic carbocycles. The Balaban J connectivity index is 1.66. The first-order chi connectivity index (χ1) is 12.8. The molecule has 0 aliphatic carbocycles. The third kappa shape index (κ3) is 4.43. The quantitative estimate of drug-likeness (QED) is 0.696. The van der Waals surface area contributed by atoms with E-state index in [1.807, 2.05) is 6.92 Å². The number of carboxylic acids is 1. The van der Waals surface area contributed by atoms with Gasteiger partial charge in [0, 0.05) is 18.8 Å². The summed E-state index contributed by atoms with van der Waals surface area (Å²) in [6, 6.07) is 9.68. The normalized spacial score (nSPS) is 10.8. The Labute approximate surface area is 161 Å². The number of thiazole rings is 1. The van der Waals surface area contributed by atoms with Crippen LogP contribution in [0.3, 0.4) is 0 Å². The fourth-order valence-corrected chi connectivity index (χ4v) is 3.51. The van der Waals surface area contributed by atoms with E-state index in [4.69, 9.17) is 9.52 Å². The first kappa shape index (κ1) is 18.8. The summed E-state index contributed by atoms with van der Waals surface area (Å²) in [5.74, 6) is -0.521. The van der Waals surface area contributed by atoms with Crippen molar-refractivity contribution in [3.63, 3.8) is 0 Å². The van der Waals surface area contributed by atoms with E-state index in [1.165, 1.54) is 27.9 Å². The number of carboxylic acid groups (broad SMARTS) is 1. The number of nitrogens with zero attached hydrogens (tertiary/aromatic N) is 2. The van der Waals surface area contributed by atoms with Crippen LogP contribution >= 0.6 is 11.3 Å². The van der Waals surface area contributed by atoms with E-state index in [-0.39, 0.29) is 18.0 Å². The van der Waals surface area contributed by atoms with Gasteiger partial charge in [-0.3, -0.25) is 4.79 Å². The fraction of sp³-hybridized carbons (Fsp3) is 0.250. The van der Waals surface area contributed by atoms with Crippen LogP contribution in [0.25, 0.3) is 0 Å². The molecule has 1 N–H and O–H groups in total. The van der Waals surface area contributed by atoms with Crippen molar-refractivity contribution in [1.82, 2.24) is 9.88 Å². The van der Waals surface area contributed by atoms with Gasteiger partial charge in [0.15, 0.2) is 0 Å². The average Bonchev–Trinajstić information content (AvgIpc) is 3.23. The second-order valence-corrected chi connectivity index (χ2v) is 7.38. The van der Waals surface area contributed by atoms with Gasteiger partial charge in [-0.15, -0.1) is 11.3 Å². The van der Waals surface area contributed by atoms with Crippen molar-refractivity contribution >= 4 is 23.2 Å². The van der Waals surface area contributed by atoms with E-state index in [0.717, 1.165) is 10.6 Å². The number of aryl methyl sites for hydroxylation is 2. The maximum absolute atomic E-state index is 12.6. The van der Waals surface area contributed by atoms with E-state index in [0.29, 0.717) is 23.6 Å². The molecule has 3 aromatic rings. The SMILES string of the molecule is Cc1ccc(Cc2nc(C(=O)N(C)Cc3cc(C(=O)O)c(C)o3)cs2)cc1. The number of hydrogen-bond acceptors (Lipinski definition) is 5. The second kappa shape index (κ2) is 7.75. The van der Waals surface area contributed by atoms with Crippen molar-refractivity contribution in [1.29, 1.82) is 0 Å².